The molecule has 32 heavy (non-hydrogen) atoms. The van der Waals surface area contributed by atoms with Crippen molar-refractivity contribution in [3.05, 3.63) is 60.2 Å². The first kappa shape index (κ1) is 25.2. The highest BCUT2D eigenvalue weighted by atomic mass is 127. The van der Waals surface area contributed by atoms with Crippen LogP contribution in [-0.4, -0.2) is 48.6 Å². The molecule has 0 radical (unpaired) electrons. The molecule has 0 spiro atoms. The Bertz CT molecular complexity index is 985. The summed E-state index contributed by atoms with van der Waals surface area (Å²) in [5, 5.41) is 14.8. The van der Waals surface area contributed by atoms with Crippen LogP contribution in [0.25, 0.3) is 5.69 Å². The summed E-state index contributed by atoms with van der Waals surface area (Å²) in [6.07, 6.45) is 1.70. The van der Waals surface area contributed by atoms with Crippen LogP contribution in [0.2, 0.25) is 0 Å². The van der Waals surface area contributed by atoms with Crippen molar-refractivity contribution in [2.75, 3.05) is 27.9 Å². The number of nitrogens with zero attached hydrogens (tertiary/aromatic N) is 4. The third-order valence-electron chi connectivity index (χ3n) is 4.56. The largest absolute Gasteiger partial charge is 0.493 e. The molecule has 0 aliphatic carbocycles. The highest BCUT2D eigenvalue weighted by Gasteiger charge is 2.13. The number of guanidine groups is 1. The monoisotopic (exact) mass is 552 g/mol. The number of aliphatic imine (C=N–C) groups is 1. The SMILES string of the molecule is CCNC(=NCc1cc(OC)c(OC)c(OC)c1)NCc1nncn1-c1ccccc1.I. The summed E-state index contributed by atoms with van der Waals surface area (Å²) >= 11 is 0. The molecular formula is C22H29IN6O3. The molecule has 0 saturated carbocycles. The number of halogens is 1. The van der Waals surface area contributed by atoms with Gasteiger partial charge < -0.3 is 24.8 Å². The van der Waals surface area contributed by atoms with Crippen LogP contribution in [0.1, 0.15) is 18.3 Å². The maximum absolute atomic E-state index is 5.42. The minimum Gasteiger partial charge on any atom is -0.493 e. The Balaban J connectivity index is 0.00000363. The molecule has 0 bridgehead atoms. The molecule has 3 rings (SSSR count). The zero-order valence-corrected chi connectivity index (χ0v) is 21.0. The van der Waals surface area contributed by atoms with Crippen molar-refractivity contribution in [1.29, 1.82) is 0 Å². The fraction of sp³-hybridized carbons (Fsp3) is 0.318. The van der Waals surface area contributed by atoms with Crippen LogP contribution in [0.3, 0.4) is 0 Å². The Hall–Kier alpha value is -3.02. The molecule has 0 fully saturated rings. The fourth-order valence-corrected chi connectivity index (χ4v) is 3.09. The van der Waals surface area contributed by atoms with Gasteiger partial charge in [0.05, 0.1) is 34.4 Å². The lowest BCUT2D eigenvalue weighted by Crippen LogP contribution is -2.37. The molecule has 0 amide bonds. The quantitative estimate of drug-likeness (QED) is 0.239. The Kier molecular flexibility index (Phi) is 10.1. The van der Waals surface area contributed by atoms with Gasteiger partial charge in [0.15, 0.2) is 23.3 Å². The van der Waals surface area contributed by atoms with E-state index in [1.165, 1.54) is 0 Å². The summed E-state index contributed by atoms with van der Waals surface area (Å²) in [5.74, 6) is 3.20. The van der Waals surface area contributed by atoms with Gasteiger partial charge in [-0.1, -0.05) is 18.2 Å². The third kappa shape index (κ3) is 6.25. The lowest BCUT2D eigenvalue weighted by molar-refractivity contribution is 0.324. The van der Waals surface area contributed by atoms with Crippen molar-refractivity contribution in [3.63, 3.8) is 0 Å². The summed E-state index contributed by atoms with van der Waals surface area (Å²) in [6, 6.07) is 13.7. The van der Waals surface area contributed by atoms with E-state index in [-0.39, 0.29) is 24.0 Å². The number of methoxy groups -OCH3 is 3. The second-order valence-corrected chi connectivity index (χ2v) is 6.54. The van der Waals surface area contributed by atoms with E-state index in [1.807, 2.05) is 54.0 Å². The van der Waals surface area contributed by atoms with Gasteiger partial charge in [0.25, 0.3) is 0 Å². The zero-order valence-electron chi connectivity index (χ0n) is 18.7. The Morgan fingerprint density at radius 1 is 1.00 bits per heavy atom. The van der Waals surface area contributed by atoms with E-state index in [2.05, 4.69) is 25.8 Å². The van der Waals surface area contributed by atoms with Crippen molar-refractivity contribution >= 4 is 29.9 Å². The number of para-hydroxylation sites is 1. The molecule has 0 aliphatic heterocycles. The first-order valence-electron chi connectivity index (χ1n) is 9.95. The van der Waals surface area contributed by atoms with E-state index in [9.17, 15) is 0 Å². The van der Waals surface area contributed by atoms with Crippen LogP contribution in [-0.2, 0) is 13.1 Å². The van der Waals surface area contributed by atoms with Gasteiger partial charge in [-0.25, -0.2) is 4.99 Å². The average Bonchev–Trinajstić information content (AvgIpc) is 3.29. The molecule has 0 unspecified atom stereocenters. The minimum atomic E-state index is 0. The molecule has 9 nitrogen and oxygen atoms in total. The average molecular weight is 552 g/mol. The van der Waals surface area contributed by atoms with Gasteiger partial charge in [0.2, 0.25) is 5.75 Å². The number of hydrogen-bond donors (Lipinski definition) is 2. The number of rotatable bonds is 9. The van der Waals surface area contributed by atoms with Gasteiger partial charge in [0.1, 0.15) is 6.33 Å². The van der Waals surface area contributed by atoms with Crippen molar-refractivity contribution < 1.29 is 14.2 Å². The number of hydrogen-bond acceptors (Lipinski definition) is 6. The van der Waals surface area contributed by atoms with E-state index in [0.717, 1.165) is 23.6 Å². The van der Waals surface area contributed by atoms with Crippen LogP contribution < -0.4 is 24.8 Å². The van der Waals surface area contributed by atoms with Gasteiger partial charge in [-0.3, -0.25) is 4.57 Å². The van der Waals surface area contributed by atoms with E-state index < -0.39 is 0 Å². The van der Waals surface area contributed by atoms with Crippen LogP contribution in [0.15, 0.2) is 53.8 Å². The Morgan fingerprint density at radius 2 is 1.69 bits per heavy atom. The highest BCUT2D eigenvalue weighted by Crippen LogP contribution is 2.38. The molecule has 3 aromatic rings. The molecule has 2 N–H and O–H groups in total. The van der Waals surface area contributed by atoms with E-state index >= 15 is 0 Å². The first-order valence-corrected chi connectivity index (χ1v) is 9.95. The van der Waals surface area contributed by atoms with Gasteiger partial charge in [-0.15, -0.1) is 34.2 Å². The molecule has 172 valence electrons. The summed E-state index contributed by atoms with van der Waals surface area (Å²) in [4.78, 5) is 4.68. The molecule has 10 heteroatoms. The summed E-state index contributed by atoms with van der Waals surface area (Å²) in [5.41, 5.74) is 1.93. The fourth-order valence-electron chi connectivity index (χ4n) is 3.09. The standard InChI is InChI=1S/C22H28N6O3.HI/c1-5-23-22(24-13-16-11-18(29-2)21(31-4)19(12-16)30-3)25-14-20-27-26-15-28(20)17-9-7-6-8-10-17;/h6-12,15H,5,13-14H2,1-4H3,(H2,23,24,25);1H. The molecule has 0 aliphatic rings. The van der Waals surface area contributed by atoms with E-state index in [4.69, 9.17) is 14.2 Å². The number of ether oxygens (including phenoxy) is 3. The predicted octanol–water partition coefficient (Wildman–Crippen LogP) is 3.17. The lowest BCUT2D eigenvalue weighted by atomic mass is 10.2. The molecule has 0 atom stereocenters. The van der Waals surface area contributed by atoms with Crippen LogP contribution >= 0.6 is 24.0 Å². The highest BCUT2D eigenvalue weighted by molar-refractivity contribution is 14.0. The normalized spacial score (nSPS) is 10.8. The second-order valence-electron chi connectivity index (χ2n) is 6.54. The Morgan fingerprint density at radius 3 is 2.28 bits per heavy atom. The molecule has 0 saturated heterocycles. The molecular weight excluding hydrogens is 523 g/mol. The Labute approximate surface area is 205 Å². The summed E-state index contributed by atoms with van der Waals surface area (Å²) in [7, 11) is 4.78. The number of nitrogens with one attached hydrogen (secondary N) is 2. The van der Waals surface area contributed by atoms with Crippen molar-refractivity contribution in [2.24, 2.45) is 4.99 Å². The minimum absolute atomic E-state index is 0. The maximum atomic E-state index is 5.42. The van der Waals surface area contributed by atoms with Gasteiger partial charge in [-0.2, -0.15) is 0 Å². The van der Waals surface area contributed by atoms with Crippen molar-refractivity contribution in [2.45, 2.75) is 20.0 Å². The predicted molar refractivity (Wildman–Crippen MR) is 135 cm³/mol. The summed E-state index contributed by atoms with van der Waals surface area (Å²) in [6.45, 7) is 3.64. The number of benzene rings is 2. The van der Waals surface area contributed by atoms with Gasteiger partial charge >= 0.3 is 0 Å². The molecule has 1 heterocycles. The molecule has 1 aromatic heterocycles. The smallest absolute Gasteiger partial charge is 0.203 e. The first-order chi connectivity index (χ1) is 15.2. The molecule has 2 aromatic carbocycles. The van der Waals surface area contributed by atoms with Crippen LogP contribution in [0.5, 0.6) is 17.2 Å². The van der Waals surface area contributed by atoms with Crippen molar-refractivity contribution in [3.8, 4) is 22.9 Å². The van der Waals surface area contributed by atoms with E-state index in [0.29, 0.717) is 36.3 Å². The van der Waals surface area contributed by atoms with Crippen molar-refractivity contribution in [1.82, 2.24) is 25.4 Å². The van der Waals surface area contributed by atoms with Gasteiger partial charge in [-0.05, 0) is 36.8 Å². The second kappa shape index (κ2) is 12.7. The maximum Gasteiger partial charge on any atom is 0.203 e. The summed E-state index contributed by atoms with van der Waals surface area (Å²) < 4.78 is 18.2. The van der Waals surface area contributed by atoms with Gasteiger partial charge in [0, 0.05) is 12.2 Å². The number of aromatic nitrogens is 3. The third-order valence-corrected chi connectivity index (χ3v) is 4.56. The van der Waals surface area contributed by atoms with E-state index in [1.54, 1.807) is 27.7 Å². The topological polar surface area (TPSA) is 94.8 Å². The van der Waals surface area contributed by atoms with Crippen LogP contribution in [0, 0.1) is 0 Å². The lowest BCUT2D eigenvalue weighted by Gasteiger charge is -2.14. The van der Waals surface area contributed by atoms with Crippen LogP contribution in [0.4, 0.5) is 0 Å². The zero-order chi connectivity index (χ0) is 22.1.